The van der Waals surface area contributed by atoms with Crippen molar-refractivity contribution in [1.29, 1.82) is 0 Å². The van der Waals surface area contributed by atoms with Crippen molar-refractivity contribution in [1.82, 2.24) is 0 Å². The van der Waals surface area contributed by atoms with E-state index in [4.69, 9.17) is 21.4 Å². The molecular formula is C7H6ClO2+. The highest BCUT2D eigenvalue weighted by atomic mass is 35.5. The second-order valence-corrected chi connectivity index (χ2v) is 2.14. The number of hydrogen-bond donors (Lipinski definition) is 1. The van der Waals surface area contributed by atoms with Gasteiger partial charge in [0.25, 0.3) is 0 Å². The molecule has 3 heteroatoms. The molecule has 0 saturated carbocycles. The van der Waals surface area contributed by atoms with E-state index >= 15 is 0 Å². The number of aliphatic hydroxyl groups excluding tert-OH is 1. The Hall–Kier alpha value is -0.980. The Labute approximate surface area is 64.1 Å². The van der Waals surface area contributed by atoms with Gasteiger partial charge in [-0.05, 0) is 0 Å². The van der Waals surface area contributed by atoms with E-state index in [0.29, 0.717) is 5.76 Å². The molecule has 0 fully saturated rings. The van der Waals surface area contributed by atoms with Crippen LogP contribution in [0.3, 0.4) is 0 Å². The Kier molecular flexibility index (Phi) is 1.95. The van der Waals surface area contributed by atoms with E-state index in [2.05, 4.69) is 6.08 Å². The summed E-state index contributed by atoms with van der Waals surface area (Å²) in [6.45, 7) is 0. The van der Waals surface area contributed by atoms with E-state index in [1.54, 1.807) is 0 Å². The number of methoxy groups -OCH3 is 1. The largest absolute Gasteiger partial charge is 0.480 e. The molecule has 0 aromatic rings. The van der Waals surface area contributed by atoms with Crippen LogP contribution in [0.5, 0.6) is 0 Å². The maximum absolute atomic E-state index is 8.90. The lowest BCUT2D eigenvalue weighted by atomic mass is 10.2. The minimum atomic E-state index is -0.0533. The molecule has 0 heterocycles. The van der Waals surface area contributed by atoms with Crippen LogP contribution in [0, 0.1) is 6.08 Å². The Morgan fingerprint density at radius 3 is 2.90 bits per heavy atom. The molecule has 0 unspecified atom stereocenters. The van der Waals surface area contributed by atoms with Gasteiger partial charge in [-0.25, -0.2) is 0 Å². The van der Waals surface area contributed by atoms with Crippen molar-refractivity contribution in [3.05, 3.63) is 34.8 Å². The van der Waals surface area contributed by atoms with Crippen molar-refractivity contribution in [2.75, 3.05) is 7.11 Å². The van der Waals surface area contributed by atoms with Gasteiger partial charge in [0.2, 0.25) is 10.8 Å². The Balaban J connectivity index is 2.91. The highest BCUT2D eigenvalue weighted by molar-refractivity contribution is 6.31. The van der Waals surface area contributed by atoms with Crippen LogP contribution in [0.2, 0.25) is 0 Å². The average molecular weight is 158 g/mol. The maximum atomic E-state index is 8.90. The molecule has 0 aromatic heterocycles. The predicted octanol–water partition coefficient (Wildman–Crippen LogP) is 1.90. The van der Waals surface area contributed by atoms with Gasteiger partial charge in [-0.1, -0.05) is 0 Å². The predicted molar refractivity (Wildman–Crippen MR) is 38.4 cm³/mol. The molecule has 1 N–H and O–H groups in total. The van der Waals surface area contributed by atoms with Crippen LogP contribution < -0.4 is 0 Å². The molecule has 0 aliphatic heterocycles. The van der Waals surface area contributed by atoms with Crippen molar-refractivity contribution in [3.63, 3.8) is 0 Å². The first-order valence-electron chi connectivity index (χ1n) is 2.68. The standard InChI is InChI=1S/C7H5ClO2/c1-10-5-2-3-7(9)6(8)4-5/h2,4H,1H3/p+1. The number of aliphatic hydroxyl groups is 1. The summed E-state index contributed by atoms with van der Waals surface area (Å²) >= 11 is 5.53. The highest BCUT2D eigenvalue weighted by Gasteiger charge is 2.15. The molecule has 0 aromatic carbocycles. The van der Waals surface area contributed by atoms with E-state index in [1.807, 2.05) is 0 Å². The van der Waals surface area contributed by atoms with Gasteiger partial charge in [0.05, 0.1) is 13.2 Å². The first-order chi connectivity index (χ1) is 4.74. The van der Waals surface area contributed by atoms with Crippen molar-refractivity contribution < 1.29 is 9.84 Å². The normalized spacial score (nSPS) is 16.4. The topological polar surface area (TPSA) is 29.5 Å². The van der Waals surface area contributed by atoms with E-state index in [9.17, 15) is 0 Å². The van der Waals surface area contributed by atoms with Gasteiger partial charge in [-0.3, -0.25) is 0 Å². The van der Waals surface area contributed by atoms with Crippen LogP contribution in [-0.4, -0.2) is 12.2 Å². The molecule has 0 saturated heterocycles. The molecule has 0 radical (unpaired) electrons. The Morgan fingerprint density at radius 2 is 2.40 bits per heavy atom. The number of rotatable bonds is 1. The number of ether oxygens (including phenoxy) is 1. The van der Waals surface area contributed by atoms with Crippen LogP contribution in [0.15, 0.2) is 28.7 Å². The second kappa shape index (κ2) is 2.74. The quantitative estimate of drug-likeness (QED) is 0.589. The van der Waals surface area contributed by atoms with Gasteiger partial charge in [0.15, 0.2) is 6.08 Å². The third-order valence-corrected chi connectivity index (χ3v) is 1.37. The summed E-state index contributed by atoms with van der Waals surface area (Å²) in [4.78, 5) is 0. The summed E-state index contributed by atoms with van der Waals surface area (Å²) in [5.41, 5.74) is 0. The smallest absolute Gasteiger partial charge is 0.307 e. The summed E-state index contributed by atoms with van der Waals surface area (Å²) in [5, 5.41) is 9.15. The van der Waals surface area contributed by atoms with Gasteiger partial charge in [-0.2, -0.15) is 0 Å². The molecule has 0 amide bonds. The fraction of sp³-hybridized carbons (Fsp3) is 0.143. The summed E-state index contributed by atoms with van der Waals surface area (Å²) < 4.78 is 4.82. The number of halogens is 1. The van der Waals surface area contributed by atoms with Crippen molar-refractivity contribution in [3.8, 4) is 0 Å². The van der Waals surface area contributed by atoms with Crippen LogP contribution in [-0.2, 0) is 4.74 Å². The van der Waals surface area contributed by atoms with E-state index in [0.717, 1.165) is 0 Å². The lowest BCUT2D eigenvalue weighted by Crippen LogP contribution is -1.90. The lowest BCUT2D eigenvalue weighted by Gasteiger charge is -1.94. The molecule has 1 aliphatic carbocycles. The zero-order chi connectivity index (χ0) is 7.56. The maximum Gasteiger partial charge on any atom is 0.307 e. The van der Waals surface area contributed by atoms with E-state index in [1.165, 1.54) is 19.3 Å². The minimum absolute atomic E-state index is 0.0533. The van der Waals surface area contributed by atoms with Gasteiger partial charge < -0.3 is 9.84 Å². The van der Waals surface area contributed by atoms with Crippen LogP contribution in [0.1, 0.15) is 0 Å². The zero-order valence-electron chi connectivity index (χ0n) is 5.39. The van der Waals surface area contributed by atoms with Crippen molar-refractivity contribution >= 4 is 11.6 Å². The van der Waals surface area contributed by atoms with E-state index in [-0.39, 0.29) is 10.8 Å². The zero-order valence-corrected chi connectivity index (χ0v) is 6.14. The molecule has 1 rings (SSSR count). The third kappa shape index (κ3) is 1.29. The van der Waals surface area contributed by atoms with Crippen LogP contribution >= 0.6 is 11.6 Å². The summed E-state index contributed by atoms with van der Waals surface area (Å²) in [6, 6.07) is 0. The number of hydrogen-bond acceptors (Lipinski definition) is 2. The molecule has 0 spiro atoms. The fourth-order valence-electron chi connectivity index (χ4n) is 0.561. The van der Waals surface area contributed by atoms with Crippen molar-refractivity contribution in [2.24, 2.45) is 0 Å². The molecule has 10 heavy (non-hydrogen) atoms. The number of allylic oxidation sites excluding steroid dienone is 4. The van der Waals surface area contributed by atoms with Gasteiger partial charge in [0, 0.05) is 11.6 Å². The first kappa shape index (κ1) is 7.13. The molecular weight excluding hydrogens is 152 g/mol. The summed E-state index contributed by atoms with van der Waals surface area (Å²) in [7, 11) is 1.52. The summed E-state index contributed by atoms with van der Waals surface area (Å²) in [5.74, 6) is 0.533. The molecule has 0 atom stereocenters. The summed E-state index contributed by atoms with van der Waals surface area (Å²) in [6.07, 6.45) is 5.55. The van der Waals surface area contributed by atoms with Gasteiger partial charge >= 0.3 is 5.76 Å². The second-order valence-electron chi connectivity index (χ2n) is 1.74. The Morgan fingerprint density at radius 1 is 1.70 bits per heavy atom. The Bertz CT molecular complexity index is 226. The average Bonchev–Trinajstić information content (AvgIpc) is 1.95. The van der Waals surface area contributed by atoms with Crippen LogP contribution in [0.4, 0.5) is 0 Å². The monoisotopic (exact) mass is 157 g/mol. The third-order valence-electron chi connectivity index (χ3n) is 1.08. The molecule has 1 aliphatic rings. The highest BCUT2D eigenvalue weighted by Crippen LogP contribution is 2.17. The van der Waals surface area contributed by atoms with E-state index < -0.39 is 0 Å². The molecule has 0 bridgehead atoms. The van der Waals surface area contributed by atoms with Crippen LogP contribution in [0.25, 0.3) is 0 Å². The SMILES string of the molecule is COC1=CC(Cl)=C(O)[C+]=C1. The molecule has 52 valence electrons. The van der Waals surface area contributed by atoms with Gasteiger partial charge in [-0.15, -0.1) is 0 Å². The minimum Gasteiger partial charge on any atom is -0.480 e. The first-order valence-corrected chi connectivity index (χ1v) is 3.06. The van der Waals surface area contributed by atoms with Crippen molar-refractivity contribution in [2.45, 2.75) is 0 Å². The van der Waals surface area contributed by atoms with Gasteiger partial charge in [0.1, 0.15) is 6.08 Å². The lowest BCUT2D eigenvalue weighted by molar-refractivity contribution is 0.304. The molecule has 2 nitrogen and oxygen atoms in total. The fourth-order valence-corrected chi connectivity index (χ4v) is 0.723.